The van der Waals surface area contributed by atoms with E-state index in [-0.39, 0.29) is 31.7 Å². The van der Waals surface area contributed by atoms with Gasteiger partial charge in [0.05, 0.1) is 36.7 Å². The average molecular weight is 986 g/mol. The molecule has 2 aromatic carbocycles. The Bertz CT molecular complexity index is 2700. The summed E-state index contributed by atoms with van der Waals surface area (Å²) < 4.78 is 52.5. The number of aromatic nitrogens is 2. The number of allylic oxidation sites excluding steroid dienone is 1. The maximum atomic E-state index is 15.6. The molecular weight excluding hydrogens is 923 g/mol. The van der Waals surface area contributed by atoms with Crippen molar-refractivity contribution in [3.8, 4) is 28.6 Å². The predicted molar refractivity (Wildman–Crippen MR) is 263 cm³/mol. The first-order valence-electron chi connectivity index (χ1n) is 23.7. The lowest BCUT2D eigenvalue weighted by Gasteiger charge is -2.35. The molecule has 69 heavy (non-hydrogen) atoms. The Hall–Kier alpha value is -5.95. The minimum atomic E-state index is -3.97. The Labute approximate surface area is 407 Å². The fraction of sp³-hybridized carbons (Fsp3) is 0.520. The lowest BCUT2D eigenvalue weighted by Crippen LogP contribution is -2.60. The number of hydrogen-bond acceptors (Lipinski definition) is 14. The zero-order valence-corrected chi connectivity index (χ0v) is 41.8. The molecule has 370 valence electrons. The summed E-state index contributed by atoms with van der Waals surface area (Å²) in [5.41, 5.74) is 0.0462. The van der Waals surface area contributed by atoms with E-state index < -0.39 is 80.4 Å². The van der Waals surface area contributed by atoms with Crippen LogP contribution in [0.1, 0.15) is 98.0 Å². The van der Waals surface area contributed by atoms with E-state index in [9.17, 15) is 18.0 Å². The first-order chi connectivity index (χ1) is 32.9. The topological polar surface area (TPSA) is 216 Å². The van der Waals surface area contributed by atoms with E-state index in [1.807, 2.05) is 61.7 Å². The first-order valence-corrected chi connectivity index (χ1v) is 26.2. The van der Waals surface area contributed by atoms with E-state index in [0.717, 1.165) is 23.5 Å². The van der Waals surface area contributed by atoms with Crippen LogP contribution in [0.15, 0.2) is 66.1 Å². The molecule has 4 N–H and O–H groups in total. The third kappa shape index (κ3) is 11.6. The molecule has 4 amide bonds. The molecule has 4 unspecified atom stereocenters. The number of anilines is 1. The number of carbonyl (C=O) groups is 4. The van der Waals surface area contributed by atoms with Gasteiger partial charge in [-0.05, 0) is 109 Å². The summed E-state index contributed by atoms with van der Waals surface area (Å²) in [6, 6.07) is 11.6. The number of nitrogens with one attached hydrogen (secondary N) is 4. The van der Waals surface area contributed by atoms with Crippen molar-refractivity contribution in [2.24, 2.45) is 5.92 Å². The van der Waals surface area contributed by atoms with Crippen LogP contribution in [0.5, 0.6) is 17.2 Å². The summed E-state index contributed by atoms with van der Waals surface area (Å²) in [7, 11) is -0.827. The van der Waals surface area contributed by atoms with Gasteiger partial charge in [0, 0.05) is 41.3 Å². The molecule has 4 heterocycles. The zero-order chi connectivity index (χ0) is 49.3. The van der Waals surface area contributed by atoms with Crippen molar-refractivity contribution in [1.82, 2.24) is 30.2 Å². The van der Waals surface area contributed by atoms with Crippen LogP contribution >= 0.6 is 11.3 Å². The van der Waals surface area contributed by atoms with Crippen LogP contribution in [0.3, 0.4) is 0 Å². The number of thiazole rings is 1. The zero-order valence-electron chi connectivity index (χ0n) is 40.2. The number of nitrogens with zero attached hydrogens (tertiary/aromatic N) is 3. The van der Waals surface area contributed by atoms with Crippen LogP contribution in [0.25, 0.3) is 22.3 Å². The standard InChI is InChI=1S/C50H63N7O10S2/c1-29(2)51-47-53-39(28-68-47)38-25-42(35-22-19-33(65-7)24-37(35)52-38)66-43-26-41-44(58)55-50(46(60)56-69(62,63)34-20-21-34)27-31(50)13-11-9-8-10-12-14-36(54-48(61)67-49(3,4)5)45(59)57(41)40(43)23-30-15-17-32(64-6)18-16-30/h11,13,15-19,22,24-25,28-29,31,34,36,40-41,43H,8-10,12,14,20-21,23,26-27H2,1-7H3,(H,51,53)(H,54,61)(H,55,58)(H,56,60)/b13-11-/t31?,36?,40-,41?,43+,50?/m0/s1. The first kappa shape index (κ1) is 49.5. The molecule has 2 aliphatic carbocycles. The number of amides is 4. The third-order valence-electron chi connectivity index (χ3n) is 12.9. The van der Waals surface area contributed by atoms with Crippen LogP contribution in [-0.4, -0.2) is 108 Å². The molecule has 0 radical (unpaired) electrons. The lowest BCUT2D eigenvalue weighted by molar-refractivity contribution is -0.143. The predicted octanol–water partition coefficient (Wildman–Crippen LogP) is 7.05. The fourth-order valence-electron chi connectivity index (χ4n) is 9.11. The smallest absolute Gasteiger partial charge is 0.408 e. The van der Waals surface area contributed by atoms with E-state index in [1.54, 1.807) is 53.2 Å². The van der Waals surface area contributed by atoms with Gasteiger partial charge < -0.3 is 39.8 Å². The molecule has 0 bridgehead atoms. The van der Waals surface area contributed by atoms with Gasteiger partial charge in [0.25, 0.3) is 5.91 Å². The van der Waals surface area contributed by atoms with Gasteiger partial charge in [-0.15, -0.1) is 11.3 Å². The molecule has 3 fully saturated rings. The molecule has 4 aromatic rings. The van der Waals surface area contributed by atoms with Gasteiger partial charge in [-0.3, -0.25) is 19.1 Å². The fourth-order valence-corrected chi connectivity index (χ4v) is 11.3. The van der Waals surface area contributed by atoms with Crippen molar-refractivity contribution in [2.75, 3.05) is 19.5 Å². The lowest BCUT2D eigenvalue weighted by atomic mass is 10.00. The largest absolute Gasteiger partial charge is 0.497 e. The summed E-state index contributed by atoms with van der Waals surface area (Å²) in [5, 5.41) is 11.8. The third-order valence-corrected chi connectivity index (χ3v) is 15.5. The number of methoxy groups -OCH3 is 2. The number of sulfonamides is 1. The van der Waals surface area contributed by atoms with Crippen LogP contribution in [0, 0.1) is 5.92 Å². The summed E-state index contributed by atoms with van der Waals surface area (Å²) >= 11 is 1.45. The maximum Gasteiger partial charge on any atom is 0.408 e. The summed E-state index contributed by atoms with van der Waals surface area (Å²) in [6.45, 7) is 9.26. The quantitative estimate of drug-likeness (QED) is 0.0990. The average Bonchev–Trinajstić information content (AvgIpc) is 4.20. The number of hydrogen-bond donors (Lipinski definition) is 4. The Morgan fingerprint density at radius 3 is 2.39 bits per heavy atom. The van der Waals surface area contributed by atoms with Gasteiger partial charge in [0.1, 0.15) is 52.3 Å². The van der Waals surface area contributed by atoms with Gasteiger partial charge in [-0.2, -0.15) is 0 Å². The van der Waals surface area contributed by atoms with Crippen molar-refractivity contribution in [1.29, 1.82) is 0 Å². The number of ether oxygens (including phenoxy) is 4. The Kier molecular flexibility index (Phi) is 14.5. The second-order valence-electron chi connectivity index (χ2n) is 19.7. The summed E-state index contributed by atoms with van der Waals surface area (Å²) in [5.74, 6) is -0.875. The molecule has 2 aromatic heterocycles. The Balaban J connectivity index is 1.24. The van der Waals surface area contributed by atoms with Gasteiger partial charge >= 0.3 is 6.09 Å². The molecule has 19 heteroatoms. The molecule has 2 aliphatic heterocycles. The number of benzene rings is 2. The minimum Gasteiger partial charge on any atom is -0.497 e. The number of carbonyl (C=O) groups excluding carboxylic acids is 4. The molecule has 17 nitrogen and oxygen atoms in total. The molecule has 8 rings (SSSR count). The molecule has 0 spiro atoms. The molecular formula is C50H63N7O10S2. The van der Waals surface area contributed by atoms with Crippen LogP contribution in [-0.2, 0) is 35.6 Å². The van der Waals surface area contributed by atoms with E-state index in [0.29, 0.717) is 65.2 Å². The summed E-state index contributed by atoms with van der Waals surface area (Å²) in [4.78, 5) is 69.9. The summed E-state index contributed by atoms with van der Waals surface area (Å²) in [6.07, 6.45) is 6.37. The van der Waals surface area contributed by atoms with E-state index in [4.69, 9.17) is 28.9 Å². The van der Waals surface area contributed by atoms with E-state index in [1.165, 1.54) is 16.2 Å². The van der Waals surface area contributed by atoms with Crippen molar-refractivity contribution >= 4 is 61.2 Å². The van der Waals surface area contributed by atoms with Gasteiger partial charge in [0.15, 0.2) is 5.13 Å². The highest BCUT2D eigenvalue weighted by atomic mass is 32.2. The van der Waals surface area contributed by atoms with Crippen LogP contribution in [0.4, 0.5) is 9.93 Å². The molecule has 1 saturated heterocycles. The number of alkyl carbamates (subject to hydrolysis) is 1. The van der Waals surface area contributed by atoms with Crippen LogP contribution in [0.2, 0.25) is 0 Å². The normalized spacial score (nSPS) is 24.8. The van der Waals surface area contributed by atoms with Gasteiger partial charge in [-0.1, -0.05) is 37.1 Å². The second kappa shape index (κ2) is 20.2. The number of fused-ring (bicyclic) bond motifs is 3. The highest BCUT2D eigenvalue weighted by Gasteiger charge is 2.62. The van der Waals surface area contributed by atoms with Crippen molar-refractivity contribution < 1.29 is 46.5 Å². The highest BCUT2D eigenvalue weighted by molar-refractivity contribution is 7.91. The van der Waals surface area contributed by atoms with Crippen molar-refractivity contribution in [2.45, 2.75) is 145 Å². The SMILES string of the molecule is COc1ccc(C[C@H]2[C@H](Oc3cc(-c4csc(NC(C)C)n4)nc4cc(OC)ccc34)CC3C(=O)NC4(C(=O)NS(=O)(=O)C5CC5)CC4/C=C\CCCCCC(NC(=O)OC(C)(C)C)C(=O)N32)cc1. The van der Waals surface area contributed by atoms with Crippen molar-refractivity contribution in [3.05, 3.63) is 71.6 Å². The Morgan fingerprint density at radius 1 is 0.957 bits per heavy atom. The molecule has 6 atom stereocenters. The second-order valence-corrected chi connectivity index (χ2v) is 22.5. The van der Waals surface area contributed by atoms with Crippen LogP contribution < -0.4 is 34.9 Å². The maximum absolute atomic E-state index is 15.6. The van der Waals surface area contributed by atoms with Gasteiger partial charge in [-0.25, -0.2) is 23.2 Å². The number of pyridine rings is 1. The van der Waals surface area contributed by atoms with E-state index >= 15 is 9.59 Å². The van der Waals surface area contributed by atoms with E-state index in [2.05, 4.69) is 20.7 Å². The highest BCUT2D eigenvalue weighted by Crippen LogP contribution is 2.47. The Morgan fingerprint density at radius 2 is 1.70 bits per heavy atom. The molecule has 2 saturated carbocycles. The van der Waals surface area contributed by atoms with Crippen molar-refractivity contribution in [3.63, 3.8) is 0 Å². The number of rotatable bonds is 13. The van der Waals surface area contributed by atoms with Gasteiger partial charge in [0.2, 0.25) is 21.8 Å². The molecule has 4 aliphatic rings. The monoisotopic (exact) mass is 985 g/mol. The minimum absolute atomic E-state index is 0.0371.